The van der Waals surface area contributed by atoms with E-state index in [2.05, 4.69) is 18.0 Å². The van der Waals surface area contributed by atoms with Gasteiger partial charge in [-0.25, -0.2) is 4.98 Å². The summed E-state index contributed by atoms with van der Waals surface area (Å²) in [6.45, 7) is 2.11. The molecular weight excluding hydrogens is 391 g/mol. The summed E-state index contributed by atoms with van der Waals surface area (Å²) in [5.41, 5.74) is 1.67. The molecule has 2 heterocycles. The van der Waals surface area contributed by atoms with Crippen molar-refractivity contribution in [2.45, 2.75) is 25.9 Å². The molecule has 0 atom stereocenters. The molecular formula is C24H20F3NO2. The first kappa shape index (κ1) is 20.0. The fraction of sp³-hybridized carbons (Fsp3) is 0.208. The van der Waals surface area contributed by atoms with E-state index in [9.17, 15) is 13.2 Å². The van der Waals surface area contributed by atoms with Gasteiger partial charge in [0.25, 0.3) is 0 Å². The zero-order chi connectivity index (χ0) is 21.3. The normalized spacial score (nSPS) is 12.3. The van der Waals surface area contributed by atoms with Crippen molar-refractivity contribution in [2.24, 2.45) is 0 Å². The molecule has 4 rings (SSSR count). The largest absolute Gasteiger partial charge is 0.496 e. The lowest BCUT2D eigenvalue weighted by atomic mass is 10.0. The number of fused-ring (bicyclic) bond motifs is 2. The molecule has 0 aliphatic rings. The fourth-order valence-corrected chi connectivity index (χ4v) is 3.46. The number of pyridine rings is 1. The lowest BCUT2D eigenvalue weighted by Crippen LogP contribution is -2.08. The monoisotopic (exact) mass is 411 g/mol. The molecule has 0 aliphatic heterocycles. The van der Waals surface area contributed by atoms with Crippen LogP contribution in [0.1, 0.15) is 31.0 Å². The van der Waals surface area contributed by atoms with Crippen LogP contribution in [0.4, 0.5) is 13.2 Å². The van der Waals surface area contributed by atoms with E-state index in [0.717, 1.165) is 41.0 Å². The highest BCUT2D eigenvalue weighted by Gasteiger charge is 2.33. The lowest BCUT2D eigenvalue weighted by Gasteiger charge is -2.11. The van der Waals surface area contributed by atoms with E-state index in [0.29, 0.717) is 11.1 Å². The number of furan rings is 1. The number of allylic oxidation sites excluding steroid dienone is 1. The molecule has 0 N–H and O–H groups in total. The lowest BCUT2D eigenvalue weighted by molar-refractivity contribution is -0.141. The van der Waals surface area contributed by atoms with Gasteiger partial charge in [0, 0.05) is 28.0 Å². The first-order valence-corrected chi connectivity index (χ1v) is 9.66. The number of para-hydroxylation sites is 1. The number of hydrogen-bond donors (Lipinski definition) is 0. The van der Waals surface area contributed by atoms with Gasteiger partial charge in [0.15, 0.2) is 0 Å². The van der Waals surface area contributed by atoms with E-state index in [1.807, 2.05) is 30.3 Å². The summed E-state index contributed by atoms with van der Waals surface area (Å²) >= 11 is 0. The van der Waals surface area contributed by atoms with E-state index in [1.54, 1.807) is 18.2 Å². The number of nitrogens with zero attached hydrogens (tertiary/aromatic N) is 1. The Morgan fingerprint density at radius 2 is 1.87 bits per heavy atom. The molecule has 2 aromatic carbocycles. The minimum absolute atomic E-state index is 0.119. The number of methoxy groups -OCH3 is 1. The van der Waals surface area contributed by atoms with Crippen molar-refractivity contribution in [1.82, 2.24) is 4.98 Å². The average molecular weight is 411 g/mol. The Bertz CT molecular complexity index is 1240. The molecule has 154 valence electrons. The van der Waals surface area contributed by atoms with Crippen molar-refractivity contribution in [3.63, 3.8) is 0 Å². The van der Waals surface area contributed by atoms with Crippen LogP contribution in [-0.4, -0.2) is 12.1 Å². The van der Waals surface area contributed by atoms with Crippen LogP contribution in [0.25, 0.3) is 39.3 Å². The first-order chi connectivity index (χ1) is 14.4. The number of rotatable bonds is 5. The van der Waals surface area contributed by atoms with Crippen LogP contribution in [0.2, 0.25) is 0 Å². The maximum absolute atomic E-state index is 13.2. The molecule has 3 nitrogen and oxygen atoms in total. The van der Waals surface area contributed by atoms with Crippen LogP contribution in [-0.2, 0) is 6.18 Å². The van der Waals surface area contributed by atoms with E-state index < -0.39 is 11.9 Å². The van der Waals surface area contributed by atoms with Crippen LogP contribution in [0.5, 0.6) is 5.75 Å². The Labute approximate surface area is 171 Å². The SMILES string of the molecule is CCC/C=C/c1c(-c2ccc3nc(C(F)(F)F)cc(OC)c3c2)oc2ccccc12. The molecule has 4 aromatic rings. The molecule has 0 saturated carbocycles. The first-order valence-electron chi connectivity index (χ1n) is 9.66. The third-order valence-electron chi connectivity index (χ3n) is 4.92. The molecule has 0 aliphatic carbocycles. The number of aromatic nitrogens is 1. The van der Waals surface area contributed by atoms with Crippen molar-refractivity contribution in [3.05, 3.63) is 65.9 Å². The molecule has 0 fully saturated rings. The maximum atomic E-state index is 13.2. The van der Waals surface area contributed by atoms with Gasteiger partial charge in [-0.2, -0.15) is 13.2 Å². The smallest absolute Gasteiger partial charge is 0.433 e. The Kier molecular flexibility index (Phi) is 5.24. The summed E-state index contributed by atoms with van der Waals surface area (Å²) in [4.78, 5) is 3.77. The molecule has 0 bridgehead atoms. The van der Waals surface area contributed by atoms with Gasteiger partial charge in [0.2, 0.25) is 0 Å². The molecule has 30 heavy (non-hydrogen) atoms. The van der Waals surface area contributed by atoms with Gasteiger partial charge in [-0.1, -0.05) is 43.7 Å². The standard InChI is InChI=1S/C24H20F3NO2/c1-3-4-5-9-17-16-8-6-7-10-20(16)30-23(17)15-11-12-19-18(13-15)21(29-2)14-22(28-19)24(25,26)27/h5-14H,3-4H2,1-2H3/b9-5+. The summed E-state index contributed by atoms with van der Waals surface area (Å²) in [6, 6.07) is 13.7. The topological polar surface area (TPSA) is 35.3 Å². The number of benzene rings is 2. The predicted molar refractivity (Wildman–Crippen MR) is 112 cm³/mol. The average Bonchev–Trinajstić information content (AvgIpc) is 3.11. The van der Waals surface area contributed by atoms with Crippen LogP contribution in [0.15, 0.2) is 59.0 Å². The highest BCUT2D eigenvalue weighted by molar-refractivity contribution is 5.96. The third kappa shape index (κ3) is 3.65. The number of halogens is 3. The van der Waals surface area contributed by atoms with Crippen LogP contribution < -0.4 is 4.74 Å². The minimum Gasteiger partial charge on any atom is -0.496 e. The van der Waals surface area contributed by atoms with Gasteiger partial charge in [-0.15, -0.1) is 0 Å². The van der Waals surface area contributed by atoms with Gasteiger partial charge in [0.1, 0.15) is 22.8 Å². The second-order valence-electron chi connectivity index (χ2n) is 6.97. The number of ether oxygens (including phenoxy) is 1. The van der Waals surface area contributed by atoms with Crippen molar-refractivity contribution in [3.8, 4) is 17.1 Å². The molecule has 0 saturated heterocycles. The molecule has 0 radical (unpaired) electrons. The van der Waals surface area contributed by atoms with Crippen molar-refractivity contribution in [2.75, 3.05) is 7.11 Å². The van der Waals surface area contributed by atoms with E-state index >= 15 is 0 Å². The zero-order valence-corrected chi connectivity index (χ0v) is 16.6. The summed E-state index contributed by atoms with van der Waals surface area (Å²) in [5, 5.41) is 1.48. The van der Waals surface area contributed by atoms with E-state index in [-0.39, 0.29) is 11.3 Å². The Balaban J connectivity index is 1.91. The summed E-state index contributed by atoms with van der Waals surface area (Å²) in [6.07, 6.45) is 1.56. The molecule has 6 heteroatoms. The van der Waals surface area contributed by atoms with Gasteiger partial charge in [-0.05, 0) is 30.7 Å². The summed E-state index contributed by atoms with van der Waals surface area (Å²) in [7, 11) is 1.35. The van der Waals surface area contributed by atoms with Crippen molar-refractivity contribution < 1.29 is 22.3 Å². The molecule has 0 amide bonds. The number of alkyl halides is 3. The number of hydrogen-bond acceptors (Lipinski definition) is 3. The van der Waals surface area contributed by atoms with Gasteiger partial charge in [-0.3, -0.25) is 0 Å². The van der Waals surface area contributed by atoms with Crippen molar-refractivity contribution >= 4 is 27.9 Å². The van der Waals surface area contributed by atoms with Crippen molar-refractivity contribution in [1.29, 1.82) is 0 Å². The van der Waals surface area contributed by atoms with E-state index in [1.165, 1.54) is 7.11 Å². The molecule has 2 aromatic heterocycles. The minimum atomic E-state index is -4.55. The van der Waals surface area contributed by atoms with Gasteiger partial charge < -0.3 is 9.15 Å². The molecule has 0 spiro atoms. The van der Waals surface area contributed by atoms with Crippen LogP contribution >= 0.6 is 0 Å². The zero-order valence-electron chi connectivity index (χ0n) is 16.6. The third-order valence-corrected chi connectivity index (χ3v) is 4.92. The van der Waals surface area contributed by atoms with Crippen LogP contribution in [0, 0.1) is 0 Å². The van der Waals surface area contributed by atoms with Gasteiger partial charge >= 0.3 is 6.18 Å². The summed E-state index contributed by atoms with van der Waals surface area (Å²) in [5.74, 6) is 0.778. The molecule has 0 unspecified atom stereocenters. The highest BCUT2D eigenvalue weighted by atomic mass is 19.4. The second kappa shape index (κ2) is 7.86. The second-order valence-corrected chi connectivity index (χ2v) is 6.97. The summed E-state index contributed by atoms with van der Waals surface area (Å²) < 4.78 is 50.8. The number of unbranched alkanes of at least 4 members (excludes halogenated alkanes) is 1. The maximum Gasteiger partial charge on any atom is 0.433 e. The highest BCUT2D eigenvalue weighted by Crippen LogP contribution is 2.39. The van der Waals surface area contributed by atoms with E-state index in [4.69, 9.17) is 9.15 Å². The Morgan fingerprint density at radius 3 is 2.60 bits per heavy atom. The Morgan fingerprint density at radius 1 is 1.07 bits per heavy atom. The van der Waals surface area contributed by atoms with Gasteiger partial charge in [0.05, 0.1) is 12.6 Å². The predicted octanol–water partition coefficient (Wildman–Crippen LogP) is 7.49. The Hall–Kier alpha value is -3.28. The van der Waals surface area contributed by atoms with Crippen LogP contribution in [0.3, 0.4) is 0 Å². The quantitative estimate of drug-likeness (QED) is 0.341. The fourth-order valence-electron chi connectivity index (χ4n) is 3.46.